The maximum Gasteiger partial charge on any atom is 0.137 e. The second-order valence-corrected chi connectivity index (χ2v) is 4.77. The molecule has 0 radical (unpaired) electrons. The first kappa shape index (κ1) is 20.9. The van der Waals surface area contributed by atoms with Crippen molar-refractivity contribution in [3.63, 3.8) is 0 Å². The molecule has 0 fully saturated rings. The van der Waals surface area contributed by atoms with Gasteiger partial charge in [0, 0.05) is 5.92 Å². The number of rotatable bonds is 5. The highest BCUT2D eigenvalue weighted by Gasteiger charge is 2.14. The highest BCUT2D eigenvalue weighted by molar-refractivity contribution is 5.83. The predicted octanol–water partition coefficient (Wildman–Crippen LogP) is 6.16. The molecule has 1 nitrogen and oxygen atoms in total. The van der Waals surface area contributed by atoms with Crippen LogP contribution in [-0.4, -0.2) is 5.78 Å². The zero-order chi connectivity index (χ0) is 15.8. The van der Waals surface area contributed by atoms with Crippen LogP contribution >= 0.6 is 0 Å². The molecule has 20 heavy (non-hydrogen) atoms. The smallest absolute Gasteiger partial charge is 0.137 e. The summed E-state index contributed by atoms with van der Waals surface area (Å²) in [7, 11) is 0. The van der Waals surface area contributed by atoms with Crippen LogP contribution in [0.25, 0.3) is 0 Å². The fourth-order valence-corrected chi connectivity index (χ4v) is 1.58. The lowest BCUT2D eigenvalue weighted by molar-refractivity contribution is -0.118. The van der Waals surface area contributed by atoms with Crippen molar-refractivity contribution in [1.82, 2.24) is 0 Å². The van der Waals surface area contributed by atoms with Gasteiger partial charge in [0.1, 0.15) is 5.78 Å². The summed E-state index contributed by atoms with van der Waals surface area (Å²) in [4.78, 5) is 11.3. The molecule has 1 rings (SSSR count). The van der Waals surface area contributed by atoms with Crippen LogP contribution in [0.2, 0.25) is 0 Å². The zero-order valence-corrected chi connectivity index (χ0v) is 14.0. The highest BCUT2D eigenvalue weighted by Crippen LogP contribution is 2.21. The van der Waals surface area contributed by atoms with Crippen LogP contribution in [0.15, 0.2) is 43.0 Å². The van der Waals surface area contributed by atoms with Gasteiger partial charge in [-0.1, -0.05) is 76.4 Å². The van der Waals surface area contributed by atoms with Crippen LogP contribution in [0, 0.1) is 0 Å². The number of allylic oxidation sites excluding steroid dienone is 1. The first-order valence-electron chi connectivity index (χ1n) is 7.71. The van der Waals surface area contributed by atoms with Gasteiger partial charge in [0.25, 0.3) is 0 Å². The Bertz CT molecular complexity index is 325. The van der Waals surface area contributed by atoms with Crippen LogP contribution in [0.3, 0.4) is 0 Å². The minimum absolute atomic E-state index is 0.103. The van der Waals surface area contributed by atoms with Crippen LogP contribution in [0.1, 0.15) is 71.8 Å². The second kappa shape index (κ2) is 15.7. The molecule has 0 bridgehead atoms. The summed E-state index contributed by atoms with van der Waals surface area (Å²) in [5.41, 5.74) is 1.15. The minimum Gasteiger partial charge on any atom is -0.299 e. The number of carbonyl (C=O) groups is 1. The van der Waals surface area contributed by atoms with E-state index in [0.717, 1.165) is 18.4 Å². The molecule has 1 heteroatoms. The lowest BCUT2D eigenvalue weighted by Crippen LogP contribution is -2.08. The van der Waals surface area contributed by atoms with Crippen molar-refractivity contribution in [3.8, 4) is 0 Å². The fraction of sp³-hybridized carbons (Fsp3) is 0.526. The molecular formula is C19H32O. The molecule has 0 aliphatic carbocycles. The first-order chi connectivity index (χ1) is 9.58. The molecule has 0 aliphatic rings. The molecular weight excluding hydrogens is 244 g/mol. The van der Waals surface area contributed by atoms with E-state index in [1.54, 1.807) is 13.0 Å². The molecule has 0 saturated heterocycles. The van der Waals surface area contributed by atoms with Gasteiger partial charge in [-0.05, 0) is 25.8 Å². The Morgan fingerprint density at radius 3 is 1.85 bits per heavy atom. The molecule has 1 atom stereocenters. The van der Waals surface area contributed by atoms with E-state index in [9.17, 15) is 4.79 Å². The van der Waals surface area contributed by atoms with Gasteiger partial charge >= 0.3 is 0 Å². The molecule has 1 aromatic rings. The Balaban J connectivity index is 0. The summed E-state index contributed by atoms with van der Waals surface area (Å²) < 4.78 is 0. The Morgan fingerprint density at radius 1 is 1.10 bits per heavy atom. The average Bonchev–Trinajstić information content (AvgIpc) is 2.46. The van der Waals surface area contributed by atoms with Crippen molar-refractivity contribution in [2.45, 2.75) is 66.2 Å². The van der Waals surface area contributed by atoms with Crippen molar-refractivity contribution in [2.75, 3.05) is 0 Å². The molecule has 1 aromatic carbocycles. The molecule has 114 valence electrons. The predicted molar refractivity (Wildman–Crippen MR) is 91.2 cm³/mol. The third-order valence-corrected chi connectivity index (χ3v) is 2.77. The van der Waals surface area contributed by atoms with Crippen molar-refractivity contribution >= 4 is 5.78 Å². The van der Waals surface area contributed by atoms with Crippen LogP contribution in [-0.2, 0) is 4.79 Å². The molecule has 0 saturated carbocycles. The van der Waals surface area contributed by atoms with Gasteiger partial charge in [0.05, 0.1) is 0 Å². The van der Waals surface area contributed by atoms with Crippen LogP contribution < -0.4 is 0 Å². The quantitative estimate of drug-likeness (QED) is 0.589. The zero-order valence-electron chi connectivity index (χ0n) is 14.0. The molecule has 0 spiro atoms. The van der Waals surface area contributed by atoms with Gasteiger partial charge in [-0.15, -0.1) is 6.58 Å². The molecule has 0 aliphatic heterocycles. The second-order valence-electron chi connectivity index (χ2n) is 4.77. The largest absolute Gasteiger partial charge is 0.299 e. The number of ketones is 1. The third-order valence-electron chi connectivity index (χ3n) is 2.77. The monoisotopic (exact) mass is 276 g/mol. The van der Waals surface area contributed by atoms with E-state index in [4.69, 9.17) is 0 Å². The van der Waals surface area contributed by atoms with E-state index in [1.807, 2.05) is 37.3 Å². The number of benzene rings is 1. The van der Waals surface area contributed by atoms with Crippen LogP contribution in [0.4, 0.5) is 0 Å². The van der Waals surface area contributed by atoms with Gasteiger partial charge in [0.2, 0.25) is 0 Å². The summed E-state index contributed by atoms with van der Waals surface area (Å²) in [5, 5.41) is 0. The number of unbranched alkanes of at least 4 members (excludes halogenated alkanes) is 1. The number of Topliss-reactive ketones (excluding diaryl/α,β-unsaturated/α-hetero) is 1. The van der Waals surface area contributed by atoms with E-state index in [2.05, 4.69) is 27.4 Å². The summed E-state index contributed by atoms with van der Waals surface area (Å²) >= 11 is 0. The van der Waals surface area contributed by atoms with E-state index < -0.39 is 0 Å². The Kier molecular flexibility index (Phi) is 16.4. The fourth-order valence-electron chi connectivity index (χ4n) is 1.58. The van der Waals surface area contributed by atoms with Crippen molar-refractivity contribution in [2.24, 2.45) is 0 Å². The molecule has 0 N–H and O–H groups in total. The van der Waals surface area contributed by atoms with E-state index in [-0.39, 0.29) is 11.7 Å². The van der Waals surface area contributed by atoms with Gasteiger partial charge in [-0.2, -0.15) is 0 Å². The number of hydrogen-bond donors (Lipinski definition) is 0. The van der Waals surface area contributed by atoms with Gasteiger partial charge in [-0.3, -0.25) is 4.79 Å². The highest BCUT2D eigenvalue weighted by atomic mass is 16.1. The van der Waals surface area contributed by atoms with Gasteiger partial charge in [-0.25, -0.2) is 0 Å². The molecule has 0 heterocycles. The molecule has 0 unspecified atom stereocenters. The lowest BCUT2D eigenvalue weighted by atomic mass is 9.91. The summed E-state index contributed by atoms with van der Waals surface area (Å²) in [6.45, 7) is 13.4. The normalized spacial score (nSPS) is 10.2. The third kappa shape index (κ3) is 11.7. The van der Waals surface area contributed by atoms with E-state index in [0.29, 0.717) is 0 Å². The van der Waals surface area contributed by atoms with Gasteiger partial charge in [0.15, 0.2) is 0 Å². The Hall–Kier alpha value is -1.37. The standard InChI is InChI=1S/C12H16O.C4H10.C3H6/c1-3-7-12(10(2)13)11-8-5-4-6-9-11;1-3-4-2;1-3-2/h4-6,8-9,12H,3,7H2,1-2H3;3-4H2,1-2H3;3H,1H2,2H3/t12-;;/m1../s1. The first-order valence-corrected chi connectivity index (χ1v) is 7.71. The number of carbonyl (C=O) groups excluding carboxylic acids is 1. The topological polar surface area (TPSA) is 17.1 Å². The number of hydrogen-bond acceptors (Lipinski definition) is 1. The van der Waals surface area contributed by atoms with E-state index in [1.165, 1.54) is 12.8 Å². The maximum absolute atomic E-state index is 11.3. The summed E-state index contributed by atoms with van der Waals surface area (Å²) in [6.07, 6.45) is 6.40. The van der Waals surface area contributed by atoms with Crippen LogP contribution in [0.5, 0.6) is 0 Å². The van der Waals surface area contributed by atoms with Crippen molar-refractivity contribution in [1.29, 1.82) is 0 Å². The SMILES string of the molecule is C=CC.CCCC.CCC[C@H](C(C)=O)c1ccccc1. The van der Waals surface area contributed by atoms with Crippen molar-refractivity contribution < 1.29 is 4.79 Å². The Morgan fingerprint density at radius 2 is 1.55 bits per heavy atom. The van der Waals surface area contributed by atoms with Crippen molar-refractivity contribution in [3.05, 3.63) is 48.6 Å². The van der Waals surface area contributed by atoms with Gasteiger partial charge < -0.3 is 0 Å². The average molecular weight is 276 g/mol. The minimum atomic E-state index is 0.103. The maximum atomic E-state index is 11.3. The lowest BCUT2D eigenvalue weighted by Gasteiger charge is -2.12. The van der Waals surface area contributed by atoms with E-state index >= 15 is 0 Å². The summed E-state index contributed by atoms with van der Waals surface area (Å²) in [5.74, 6) is 0.374. The molecule has 0 amide bonds. The summed E-state index contributed by atoms with van der Waals surface area (Å²) in [6, 6.07) is 10.0. The molecule has 0 aromatic heterocycles. The Labute approximate surface area is 126 Å².